The molecular weight excluding hydrogens is 292 g/mol. The first-order chi connectivity index (χ1) is 7.99. The maximum Gasteiger partial charge on any atom is 0.333 e. The first-order valence-electron chi connectivity index (χ1n) is 5.05. The molecule has 0 radical (unpaired) electrons. The van der Waals surface area contributed by atoms with Gasteiger partial charge in [0.15, 0.2) is 5.78 Å². The van der Waals surface area contributed by atoms with Crippen molar-refractivity contribution in [2.45, 2.75) is 19.4 Å². The van der Waals surface area contributed by atoms with Crippen LogP contribution in [0.1, 0.15) is 12.8 Å². The molecule has 0 amide bonds. The summed E-state index contributed by atoms with van der Waals surface area (Å²) >= 11 is 2.96. The lowest BCUT2D eigenvalue weighted by atomic mass is 10.2. The van der Waals surface area contributed by atoms with E-state index in [1.54, 1.807) is 0 Å². The van der Waals surface area contributed by atoms with Crippen molar-refractivity contribution in [3.63, 3.8) is 0 Å². The Bertz CT molecular complexity index is 548. The van der Waals surface area contributed by atoms with E-state index in [1.807, 2.05) is 0 Å². The first-order valence-corrected chi connectivity index (χ1v) is 5.85. The summed E-state index contributed by atoms with van der Waals surface area (Å²) in [6.07, 6.45) is 4.29. The van der Waals surface area contributed by atoms with Crippen LogP contribution in [0.4, 0.5) is 5.69 Å². The third-order valence-electron chi connectivity index (χ3n) is 2.58. The number of nitrogens with zero attached hydrogens (tertiary/aromatic N) is 2. The average Bonchev–Trinajstić information content (AvgIpc) is 3.06. The summed E-state index contributed by atoms with van der Waals surface area (Å²) in [6, 6.07) is 0. The second-order valence-electron chi connectivity index (χ2n) is 3.99. The minimum atomic E-state index is -0.745. The number of hydrogen-bond donors (Lipinski definition) is 0. The van der Waals surface area contributed by atoms with Gasteiger partial charge >= 0.3 is 5.69 Å². The number of carbonyl (C=O) groups excluding carboxylic acids is 1. The Labute approximate surface area is 105 Å². The number of carbonyl (C=O) groups is 1. The van der Waals surface area contributed by atoms with Crippen LogP contribution in [0.5, 0.6) is 0 Å². The Morgan fingerprint density at radius 3 is 2.71 bits per heavy atom. The molecule has 7 heteroatoms. The predicted molar refractivity (Wildman–Crippen MR) is 62.8 cm³/mol. The minimum absolute atomic E-state index is 0.0508. The van der Waals surface area contributed by atoms with Gasteiger partial charge in [-0.25, -0.2) is 0 Å². The fraction of sp³-hybridized carbons (Fsp3) is 0.400. The third kappa shape index (κ3) is 2.60. The molecule has 90 valence electrons. The highest BCUT2D eigenvalue weighted by Gasteiger charge is 2.29. The molecule has 1 aliphatic carbocycles. The number of halogens is 1. The van der Waals surface area contributed by atoms with E-state index in [-0.39, 0.29) is 22.7 Å². The second-order valence-corrected chi connectivity index (χ2v) is 4.84. The lowest BCUT2D eigenvalue weighted by Crippen LogP contribution is -2.17. The topological polar surface area (TPSA) is 82.2 Å². The molecule has 1 saturated carbocycles. The standard InChI is InChI=1S/C10H9BrN2O4/c11-7-3-12(5-9(14)6-1-2-6)4-8(10(7)15)13(16)17/h3-4,6H,1-2,5H2. The van der Waals surface area contributed by atoms with Crippen LogP contribution in [-0.2, 0) is 11.3 Å². The molecule has 0 saturated heterocycles. The van der Waals surface area contributed by atoms with Gasteiger partial charge in [-0.2, -0.15) is 0 Å². The Morgan fingerprint density at radius 1 is 1.53 bits per heavy atom. The van der Waals surface area contributed by atoms with Crippen LogP contribution >= 0.6 is 15.9 Å². The molecule has 1 fully saturated rings. The zero-order chi connectivity index (χ0) is 12.6. The third-order valence-corrected chi connectivity index (χ3v) is 3.15. The highest BCUT2D eigenvalue weighted by atomic mass is 79.9. The summed E-state index contributed by atoms with van der Waals surface area (Å²) in [5.74, 6) is 0.141. The van der Waals surface area contributed by atoms with Crippen molar-refractivity contribution >= 4 is 27.4 Å². The zero-order valence-electron chi connectivity index (χ0n) is 8.76. The summed E-state index contributed by atoms with van der Waals surface area (Å²) in [7, 11) is 0. The summed E-state index contributed by atoms with van der Waals surface area (Å²) < 4.78 is 1.47. The van der Waals surface area contributed by atoms with Crippen LogP contribution in [0.2, 0.25) is 0 Å². The first kappa shape index (κ1) is 12.0. The van der Waals surface area contributed by atoms with Gasteiger partial charge < -0.3 is 4.57 Å². The number of hydrogen-bond acceptors (Lipinski definition) is 4. The van der Waals surface area contributed by atoms with Crippen LogP contribution in [0.3, 0.4) is 0 Å². The molecule has 2 rings (SSSR count). The summed E-state index contributed by atoms with van der Waals surface area (Å²) in [5, 5.41) is 10.6. The molecule has 0 N–H and O–H groups in total. The molecule has 0 aromatic carbocycles. The molecule has 0 unspecified atom stereocenters. The molecular formula is C10H9BrN2O4. The molecule has 0 aliphatic heterocycles. The minimum Gasteiger partial charge on any atom is -0.339 e. The van der Waals surface area contributed by atoms with Crippen molar-refractivity contribution < 1.29 is 9.72 Å². The molecule has 1 aromatic heterocycles. The van der Waals surface area contributed by atoms with E-state index in [4.69, 9.17) is 0 Å². The maximum atomic E-state index is 11.6. The van der Waals surface area contributed by atoms with Crippen LogP contribution in [0.25, 0.3) is 0 Å². The van der Waals surface area contributed by atoms with E-state index in [9.17, 15) is 19.7 Å². The van der Waals surface area contributed by atoms with Gasteiger partial charge in [0.2, 0.25) is 0 Å². The molecule has 17 heavy (non-hydrogen) atoms. The summed E-state index contributed by atoms with van der Waals surface area (Å²) in [6.45, 7) is 0.0738. The lowest BCUT2D eigenvalue weighted by molar-refractivity contribution is -0.386. The molecule has 0 atom stereocenters. The normalized spacial score (nSPS) is 14.6. The highest BCUT2D eigenvalue weighted by Crippen LogP contribution is 2.30. The van der Waals surface area contributed by atoms with Gasteiger partial charge in [-0.1, -0.05) is 0 Å². The van der Waals surface area contributed by atoms with Crippen LogP contribution in [-0.4, -0.2) is 15.3 Å². The SMILES string of the molecule is O=C(Cn1cc(Br)c(=O)c([N+](=O)[O-])c1)C1CC1. The lowest BCUT2D eigenvalue weighted by Gasteiger charge is -2.05. The zero-order valence-corrected chi connectivity index (χ0v) is 10.3. The smallest absolute Gasteiger partial charge is 0.333 e. The van der Waals surface area contributed by atoms with Crippen molar-refractivity contribution in [2.75, 3.05) is 0 Å². The second kappa shape index (κ2) is 4.40. The Kier molecular flexibility index (Phi) is 3.10. The Morgan fingerprint density at radius 2 is 2.18 bits per heavy atom. The largest absolute Gasteiger partial charge is 0.339 e. The van der Waals surface area contributed by atoms with Gasteiger partial charge in [0.25, 0.3) is 5.43 Å². The quantitative estimate of drug-likeness (QED) is 0.623. The number of pyridine rings is 1. The average molecular weight is 301 g/mol. The van der Waals surface area contributed by atoms with Gasteiger partial charge in [-0.3, -0.25) is 19.7 Å². The number of Topliss-reactive ketones (excluding diaryl/α,β-unsaturated/α-hetero) is 1. The molecule has 0 bridgehead atoms. The highest BCUT2D eigenvalue weighted by molar-refractivity contribution is 9.10. The molecule has 1 aliphatic rings. The van der Waals surface area contributed by atoms with Crippen molar-refractivity contribution in [1.29, 1.82) is 0 Å². The van der Waals surface area contributed by atoms with Gasteiger partial charge in [0, 0.05) is 12.1 Å². The van der Waals surface area contributed by atoms with E-state index >= 15 is 0 Å². The Balaban J connectivity index is 2.31. The van der Waals surface area contributed by atoms with E-state index in [2.05, 4.69) is 15.9 Å². The van der Waals surface area contributed by atoms with Crippen molar-refractivity contribution in [3.8, 4) is 0 Å². The molecule has 0 spiro atoms. The maximum absolute atomic E-state index is 11.6. The summed E-state index contributed by atoms with van der Waals surface area (Å²) in [4.78, 5) is 32.9. The Hall–Kier alpha value is -1.50. The fourth-order valence-corrected chi connectivity index (χ4v) is 1.98. The van der Waals surface area contributed by atoms with Crippen LogP contribution in [0, 0.1) is 16.0 Å². The number of aromatic nitrogens is 1. The van der Waals surface area contributed by atoms with Gasteiger partial charge in [0.1, 0.15) is 0 Å². The number of nitro groups is 1. The molecule has 6 nitrogen and oxygen atoms in total. The predicted octanol–water partition coefficient (Wildman–Crippen LogP) is 1.50. The van der Waals surface area contributed by atoms with E-state index in [0.717, 1.165) is 19.0 Å². The van der Waals surface area contributed by atoms with Gasteiger partial charge in [-0.15, -0.1) is 0 Å². The monoisotopic (exact) mass is 300 g/mol. The van der Waals surface area contributed by atoms with E-state index in [0.29, 0.717) is 0 Å². The summed E-state index contributed by atoms with van der Waals surface area (Å²) in [5.41, 5.74) is -1.20. The van der Waals surface area contributed by atoms with E-state index < -0.39 is 16.0 Å². The number of ketones is 1. The van der Waals surface area contributed by atoms with Crippen molar-refractivity contribution in [1.82, 2.24) is 4.57 Å². The van der Waals surface area contributed by atoms with Crippen LogP contribution < -0.4 is 5.43 Å². The number of rotatable bonds is 4. The van der Waals surface area contributed by atoms with Gasteiger partial charge in [-0.05, 0) is 28.8 Å². The van der Waals surface area contributed by atoms with Crippen molar-refractivity contribution in [2.24, 2.45) is 5.92 Å². The van der Waals surface area contributed by atoms with Gasteiger partial charge in [0.05, 0.1) is 22.1 Å². The van der Waals surface area contributed by atoms with Crippen LogP contribution in [0.15, 0.2) is 21.7 Å². The fourth-order valence-electron chi connectivity index (χ4n) is 1.52. The molecule has 1 heterocycles. The van der Waals surface area contributed by atoms with Crippen molar-refractivity contribution in [3.05, 3.63) is 37.2 Å². The van der Waals surface area contributed by atoms with E-state index in [1.165, 1.54) is 10.8 Å². The molecule has 1 aromatic rings.